The summed E-state index contributed by atoms with van der Waals surface area (Å²) in [4.78, 5) is 31.1. The molecule has 2 heterocycles. The van der Waals surface area contributed by atoms with Gasteiger partial charge in [-0.3, -0.25) is 9.69 Å². The van der Waals surface area contributed by atoms with Crippen LogP contribution in [0.15, 0.2) is 12.1 Å². The summed E-state index contributed by atoms with van der Waals surface area (Å²) in [7, 11) is 1.40. The molecule has 184 valence electrons. The molecule has 2 saturated carbocycles. The summed E-state index contributed by atoms with van der Waals surface area (Å²) in [6, 6.07) is 3.97. The number of hydrogen-bond acceptors (Lipinski definition) is 5. The van der Waals surface area contributed by atoms with Crippen molar-refractivity contribution in [1.82, 2.24) is 9.55 Å². The van der Waals surface area contributed by atoms with Gasteiger partial charge in [-0.15, -0.1) is 0 Å². The van der Waals surface area contributed by atoms with E-state index >= 15 is 0 Å². The number of benzene rings is 1. The molecule has 5 rings (SSSR count). The molecule has 2 fully saturated rings. The van der Waals surface area contributed by atoms with Crippen molar-refractivity contribution in [2.45, 2.75) is 89.3 Å². The number of anilines is 1. The van der Waals surface area contributed by atoms with Crippen molar-refractivity contribution in [3.63, 3.8) is 0 Å². The summed E-state index contributed by atoms with van der Waals surface area (Å²) >= 11 is 0. The van der Waals surface area contributed by atoms with Gasteiger partial charge in [0.1, 0.15) is 11.9 Å². The first kappa shape index (κ1) is 23.1. The SMILES string of the molecule is COC(=O)N1c2ccc3c(nc(C(O)C4CCCC4)n3C3CCCC(C(=O)O)C3)c2CCC1C. The predicted molar refractivity (Wildman–Crippen MR) is 128 cm³/mol. The number of aliphatic hydroxyl groups excluding tert-OH is 1. The van der Waals surface area contributed by atoms with Gasteiger partial charge in [0.15, 0.2) is 0 Å². The molecule has 1 aliphatic heterocycles. The average Bonchev–Trinajstić information content (AvgIpc) is 3.51. The molecular formula is C26H35N3O5. The van der Waals surface area contributed by atoms with Crippen molar-refractivity contribution in [3.05, 3.63) is 23.5 Å². The van der Waals surface area contributed by atoms with E-state index in [0.29, 0.717) is 18.7 Å². The number of ether oxygens (including phenoxy) is 1. The minimum atomic E-state index is -0.743. The molecule has 0 spiro atoms. The molecule has 1 amide bonds. The van der Waals surface area contributed by atoms with Crippen molar-refractivity contribution in [1.29, 1.82) is 0 Å². The Hall–Kier alpha value is -2.61. The highest BCUT2D eigenvalue weighted by Crippen LogP contribution is 2.44. The van der Waals surface area contributed by atoms with Gasteiger partial charge in [0.2, 0.25) is 0 Å². The molecule has 4 unspecified atom stereocenters. The molecule has 2 aliphatic carbocycles. The Morgan fingerprint density at radius 3 is 2.59 bits per heavy atom. The van der Waals surface area contributed by atoms with Crippen molar-refractivity contribution >= 4 is 28.8 Å². The van der Waals surface area contributed by atoms with E-state index in [4.69, 9.17) is 9.72 Å². The zero-order valence-corrected chi connectivity index (χ0v) is 20.1. The van der Waals surface area contributed by atoms with Crippen LogP contribution in [0.5, 0.6) is 0 Å². The number of fused-ring (bicyclic) bond motifs is 3. The molecule has 1 aromatic carbocycles. The molecule has 4 atom stereocenters. The highest BCUT2D eigenvalue weighted by Gasteiger charge is 2.37. The van der Waals surface area contributed by atoms with E-state index in [1.165, 1.54) is 7.11 Å². The highest BCUT2D eigenvalue weighted by atomic mass is 16.5. The van der Waals surface area contributed by atoms with Gasteiger partial charge in [-0.25, -0.2) is 9.78 Å². The van der Waals surface area contributed by atoms with Crippen LogP contribution in [0.1, 0.15) is 88.2 Å². The fourth-order valence-corrected chi connectivity index (χ4v) is 6.49. The largest absolute Gasteiger partial charge is 0.481 e. The number of carboxylic acid groups (broad SMARTS) is 1. The van der Waals surface area contributed by atoms with Crippen LogP contribution in [0.3, 0.4) is 0 Å². The number of nitrogens with zero attached hydrogens (tertiary/aromatic N) is 3. The Labute approximate surface area is 199 Å². The normalized spacial score (nSPS) is 26.4. The van der Waals surface area contributed by atoms with Crippen LogP contribution in [0.25, 0.3) is 11.0 Å². The van der Waals surface area contributed by atoms with E-state index < -0.39 is 12.1 Å². The first-order valence-electron chi connectivity index (χ1n) is 12.7. The third kappa shape index (κ3) is 3.85. The standard InChI is InChI=1S/C26H35N3O5/c1-15-10-11-19-20(28(15)26(33)34-2)12-13-21-22(19)27-24(23(30)16-6-3-4-7-16)29(21)18-9-5-8-17(14-18)25(31)32/h12-13,15-18,23,30H,3-11,14H2,1-2H3,(H,31,32). The fourth-order valence-electron chi connectivity index (χ4n) is 6.49. The summed E-state index contributed by atoms with van der Waals surface area (Å²) < 4.78 is 7.21. The quantitative estimate of drug-likeness (QED) is 0.654. The third-order valence-electron chi connectivity index (χ3n) is 8.32. The van der Waals surface area contributed by atoms with Gasteiger partial charge in [0.05, 0.1) is 29.7 Å². The Balaban J connectivity index is 1.65. The molecule has 8 heteroatoms. The lowest BCUT2D eigenvalue weighted by atomic mass is 9.85. The smallest absolute Gasteiger partial charge is 0.414 e. The summed E-state index contributed by atoms with van der Waals surface area (Å²) in [5, 5.41) is 21.1. The van der Waals surface area contributed by atoms with Crippen LogP contribution >= 0.6 is 0 Å². The van der Waals surface area contributed by atoms with Crippen molar-refractivity contribution < 1.29 is 24.5 Å². The molecule has 34 heavy (non-hydrogen) atoms. The lowest BCUT2D eigenvalue weighted by Gasteiger charge is -2.34. The lowest BCUT2D eigenvalue weighted by Crippen LogP contribution is -2.42. The van der Waals surface area contributed by atoms with Crippen LogP contribution in [0, 0.1) is 11.8 Å². The molecule has 2 aromatic rings. The second kappa shape index (κ2) is 9.21. The van der Waals surface area contributed by atoms with Gasteiger partial charge in [-0.2, -0.15) is 0 Å². The molecule has 8 nitrogen and oxygen atoms in total. The van der Waals surface area contributed by atoms with E-state index in [2.05, 4.69) is 4.57 Å². The number of rotatable bonds is 4. The van der Waals surface area contributed by atoms with Crippen LogP contribution in [-0.4, -0.2) is 45.0 Å². The number of carbonyl (C=O) groups excluding carboxylic acids is 1. The molecule has 1 aromatic heterocycles. The van der Waals surface area contributed by atoms with Crippen LogP contribution in [-0.2, 0) is 16.0 Å². The number of amides is 1. The number of aryl methyl sites for hydroxylation is 1. The predicted octanol–water partition coefficient (Wildman–Crippen LogP) is 4.98. The number of hydrogen-bond donors (Lipinski definition) is 2. The van der Waals surface area contributed by atoms with Crippen molar-refractivity contribution in [2.24, 2.45) is 11.8 Å². The second-order valence-electron chi connectivity index (χ2n) is 10.3. The van der Waals surface area contributed by atoms with Gasteiger partial charge < -0.3 is 19.5 Å². The number of imidazole rings is 1. The summed E-state index contributed by atoms with van der Waals surface area (Å²) in [6.45, 7) is 2.02. The summed E-state index contributed by atoms with van der Waals surface area (Å²) in [5.41, 5.74) is 3.57. The number of carboxylic acids is 1. The molecule has 0 bridgehead atoms. The van der Waals surface area contributed by atoms with Gasteiger partial charge in [-0.1, -0.05) is 19.3 Å². The van der Waals surface area contributed by atoms with Gasteiger partial charge in [-0.05, 0) is 69.9 Å². The molecular weight excluding hydrogens is 434 g/mol. The zero-order chi connectivity index (χ0) is 24.0. The Morgan fingerprint density at radius 2 is 1.88 bits per heavy atom. The van der Waals surface area contributed by atoms with Gasteiger partial charge in [0, 0.05) is 17.6 Å². The minimum absolute atomic E-state index is 0.0109. The molecule has 3 aliphatic rings. The first-order valence-corrected chi connectivity index (χ1v) is 12.7. The minimum Gasteiger partial charge on any atom is -0.481 e. The number of aliphatic carboxylic acids is 1. The Kier molecular flexibility index (Phi) is 6.27. The van der Waals surface area contributed by atoms with Crippen LogP contribution in [0.2, 0.25) is 0 Å². The van der Waals surface area contributed by atoms with Crippen molar-refractivity contribution in [2.75, 3.05) is 12.0 Å². The fraction of sp³-hybridized carbons (Fsp3) is 0.654. The molecule has 0 saturated heterocycles. The Morgan fingerprint density at radius 1 is 1.12 bits per heavy atom. The number of methoxy groups -OCH3 is 1. The second-order valence-corrected chi connectivity index (χ2v) is 10.3. The maximum Gasteiger partial charge on any atom is 0.414 e. The van der Waals surface area contributed by atoms with E-state index in [1.807, 2.05) is 19.1 Å². The maximum absolute atomic E-state index is 12.6. The van der Waals surface area contributed by atoms with Crippen molar-refractivity contribution in [3.8, 4) is 0 Å². The van der Waals surface area contributed by atoms with E-state index in [-0.39, 0.29) is 30.0 Å². The molecule has 2 N–H and O–H groups in total. The summed E-state index contributed by atoms with van der Waals surface area (Å²) in [6.07, 6.45) is 7.72. The topological polar surface area (TPSA) is 105 Å². The zero-order valence-electron chi connectivity index (χ0n) is 20.1. The van der Waals surface area contributed by atoms with E-state index in [1.54, 1.807) is 4.90 Å². The monoisotopic (exact) mass is 469 g/mol. The molecule has 0 radical (unpaired) electrons. The van der Waals surface area contributed by atoms with Crippen LogP contribution < -0.4 is 4.90 Å². The van der Waals surface area contributed by atoms with E-state index in [0.717, 1.165) is 73.7 Å². The number of carbonyl (C=O) groups is 2. The Bertz CT molecular complexity index is 1090. The number of aliphatic hydroxyl groups is 1. The van der Waals surface area contributed by atoms with E-state index in [9.17, 15) is 19.8 Å². The van der Waals surface area contributed by atoms with Gasteiger partial charge >= 0.3 is 12.1 Å². The average molecular weight is 470 g/mol. The van der Waals surface area contributed by atoms with Crippen LogP contribution in [0.4, 0.5) is 10.5 Å². The lowest BCUT2D eigenvalue weighted by molar-refractivity contribution is -0.143. The maximum atomic E-state index is 12.6. The summed E-state index contributed by atoms with van der Waals surface area (Å²) in [5.74, 6) is -0.278. The first-order chi connectivity index (χ1) is 16.4. The highest BCUT2D eigenvalue weighted by molar-refractivity contribution is 5.95. The van der Waals surface area contributed by atoms with Gasteiger partial charge in [0.25, 0.3) is 0 Å². The number of aromatic nitrogens is 2. The third-order valence-corrected chi connectivity index (χ3v) is 8.32.